The molecule has 1 saturated carbocycles. The van der Waals surface area contributed by atoms with Gasteiger partial charge in [0.15, 0.2) is 0 Å². The van der Waals surface area contributed by atoms with E-state index in [0.29, 0.717) is 72.9 Å². The van der Waals surface area contributed by atoms with Crippen molar-refractivity contribution in [2.24, 2.45) is 22.9 Å². The standard InChI is InChI=1S/C50H62FN3O12/c1-5-25-63-50-44(54(49(58)61-4)31-32-15-17-34(51)18-16-32)30-41(53-66-45-14-8-11-26-62-45)38-27-33(12-6-9-23-55)37(13-7-10-24-56)46(47(38)50)39-28-36(20-22-42(39)65-50)64-48(57)52-40-21-19-35(59-2)29-43(40)60-3/h5,15-22,27-29,33,37,44-47,55-56H,1,6-14,23-26,30-31H2,2-4H3,(H,52,57). The summed E-state index contributed by atoms with van der Waals surface area (Å²) in [4.78, 5) is 35.6. The molecule has 1 saturated heterocycles. The minimum absolute atomic E-state index is 0.00786. The van der Waals surface area contributed by atoms with Crippen LogP contribution in [0.3, 0.4) is 0 Å². The van der Waals surface area contributed by atoms with E-state index >= 15 is 0 Å². The van der Waals surface area contributed by atoms with Gasteiger partial charge in [-0.05, 0) is 104 Å². The number of aliphatic hydroxyl groups excluding tert-OH is 2. The molecule has 66 heavy (non-hydrogen) atoms. The molecule has 0 spiro atoms. The summed E-state index contributed by atoms with van der Waals surface area (Å²) >= 11 is 0. The first-order chi connectivity index (χ1) is 32.2. The summed E-state index contributed by atoms with van der Waals surface area (Å²) in [6.07, 6.45) is 8.54. The SMILES string of the molecule is C=CCOC12Oc3ccc(OC(=O)Nc4ccc(OC)cc4OC)cc3C3C(CCCCO)C(CCCCO)C=C(C(=NOC4CCCCO4)CC1N(Cc1ccc(F)cc1)C(=O)OC)C32. The van der Waals surface area contributed by atoms with Crippen molar-refractivity contribution in [3.05, 3.63) is 102 Å². The Hall–Kier alpha value is -5.68. The maximum Gasteiger partial charge on any atom is 0.417 e. The van der Waals surface area contributed by atoms with Gasteiger partial charge in [0.05, 0.1) is 51.9 Å². The van der Waals surface area contributed by atoms with E-state index in [1.54, 1.807) is 53.4 Å². The van der Waals surface area contributed by atoms with Crippen molar-refractivity contribution in [2.75, 3.05) is 53.1 Å². The van der Waals surface area contributed by atoms with Crippen LogP contribution in [0, 0.1) is 23.6 Å². The minimum Gasteiger partial charge on any atom is -0.497 e. The molecule has 356 valence electrons. The minimum atomic E-state index is -1.60. The van der Waals surface area contributed by atoms with E-state index in [1.807, 2.05) is 6.07 Å². The van der Waals surface area contributed by atoms with Crippen molar-refractivity contribution in [3.8, 4) is 23.0 Å². The number of anilines is 1. The number of allylic oxidation sites excluding steroid dienone is 1. The Morgan fingerprint density at radius 3 is 2.44 bits per heavy atom. The topological polar surface area (TPSA) is 176 Å². The Morgan fingerprint density at radius 1 is 0.970 bits per heavy atom. The van der Waals surface area contributed by atoms with Crippen LogP contribution in [0.25, 0.3) is 0 Å². The number of nitrogens with one attached hydrogen (secondary N) is 1. The van der Waals surface area contributed by atoms with Crippen molar-refractivity contribution in [1.82, 2.24) is 4.90 Å². The Balaban J connectivity index is 1.40. The lowest BCUT2D eigenvalue weighted by atomic mass is 9.55. The third kappa shape index (κ3) is 10.8. The van der Waals surface area contributed by atoms with Gasteiger partial charge in [0.2, 0.25) is 12.1 Å². The van der Waals surface area contributed by atoms with Crippen molar-refractivity contribution in [3.63, 3.8) is 0 Å². The molecule has 16 heteroatoms. The summed E-state index contributed by atoms with van der Waals surface area (Å²) in [5.41, 5.74) is 3.15. The highest BCUT2D eigenvalue weighted by Gasteiger charge is 2.65. The maximum atomic E-state index is 14.2. The molecule has 0 aromatic heterocycles. The zero-order valence-electron chi connectivity index (χ0n) is 38.0. The number of unbranched alkanes of at least 4 members (excludes halogenated alkanes) is 2. The van der Waals surface area contributed by atoms with E-state index in [9.17, 15) is 24.2 Å². The molecule has 2 heterocycles. The predicted octanol–water partition coefficient (Wildman–Crippen LogP) is 8.88. The lowest BCUT2D eigenvalue weighted by Crippen LogP contribution is -2.70. The monoisotopic (exact) mass is 915 g/mol. The average molecular weight is 916 g/mol. The third-order valence-corrected chi connectivity index (χ3v) is 13.0. The van der Waals surface area contributed by atoms with E-state index < -0.39 is 48.0 Å². The van der Waals surface area contributed by atoms with E-state index in [4.69, 9.17) is 43.2 Å². The zero-order chi connectivity index (χ0) is 46.6. The van der Waals surface area contributed by atoms with E-state index in [2.05, 4.69) is 18.0 Å². The number of halogens is 1. The molecule has 15 nitrogen and oxygen atoms in total. The lowest BCUT2D eigenvalue weighted by molar-refractivity contribution is -0.256. The number of rotatable bonds is 20. The number of carbonyl (C=O) groups excluding carboxylic acids is 2. The normalized spacial score (nSPS) is 24.7. The predicted molar refractivity (Wildman–Crippen MR) is 243 cm³/mol. The molecular weight excluding hydrogens is 854 g/mol. The van der Waals surface area contributed by atoms with E-state index in [0.717, 1.165) is 36.8 Å². The van der Waals surface area contributed by atoms with Gasteiger partial charge in [0.25, 0.3) is 0 Å². The van der Waals surface area contributed by atoms with Gasteiger partial charge >= 0.3 is 12.2 Å². The van der Waals surface area contributed by atoms with Gasteiger partial charge in [0.1, 0.15) is 34.9 Å². The molecule has 2 amide bonds. The van der Waals surface area contributed by atoms with Crippen molar-refractivity contribution in [1.29, 1.82) is 0 Å². The summed E-state index contributed by atoms with van der Waals surface area (Å²) in [6, 6.07) is 15.2. The second kappa shape index (κ2) is 22.7. The van der Waals surface area contributed by atoms with Gasteiger partial charge in [-0.15, -0.1) is 6.58 Å². The molecule has 2 aliphatic heterocycles. The first-order valence-corrected chi connectivity index (χ1v) is 22.8. The first kappa shape index (κ1) is 48.3. The number of benzene rings is 3. The quantitative estimate of drug-likeness (QED) is 0.0559. The third-order valence-electron chi connectivity index (χ3n) is 13.0. The van der Waals surface area contributed by atoms with Crippen LogP contribution in [-0.2, 0) is 25.6 Å². The molecule has 4 aliphatic rings. The number of carbonyl (C=O) groups is 2. The molecule has 3 aromatic carbocycles. The van der Waals surface area contributed by atoms with Crippen LogP contribution in [0.2, 0.25) is 0 Å². The largest absolute Gasteiger partial charge is 0.497 e. The molecule has 0 bridgehead atoms. The van der Waals surface area contributed by atoms with Crippen molar-refractivity contribution in [2.45, 2.75) is 94.8 Å². The van der Waals surface area contributed by atoms with Gasteiger partial charge in [0, 0.05) is 50.1 Å². The number of methoxy groups -OCH3 is 3. The zero-order valence-corrected chi connectivity index (χ0v) is 38.0. The Morgan fingerprint density at radius 2 is 1.74 bits per heavy atom. The van der Waals surface area contributed by atoms with Crippen molar-refractivity contribution < 1.29 is 62.2 Å². The molecule has 2 fully saturated rings. The highest BCUT2D eigenvalue weighted by Crippen LogP contribution is 2.62. The van der Waals surface area contributed by atoms with E-state index in [1.165, 1.54) is 33.5 Å². The molecule has 7 unspecified atom stereocenters. The number of ether oxygens (including phenoxy) is 7. The Labute approximate surface area is 385 Å². The van der Waals surface area contributed by atoms with Crippen molar-refractivity contribution >= 4 is 23.6 Å². The summed E-state index contributed by atoms with van der Waals surface area (Å²) in [6.45, 7) is 4.65. The number of nitrogens with zero attached hydrogens (tertiary/aromatic N) is 2. The summed E-state index contributed by atoms with van der Waals surface area (Å²) in [5, 5.41) is 27.6. The second-order valence-corrected chi connectivity index (χ2v) is 17.0. The molecular formula is C50H62FN3O12. The molecule has 7 atom stereocenters. The van der Waals surface area contributed by atoms with E-state index in [-0.39, 0.29) is 50.4 Å². The van der Waals surface area contributed by atoms with Gasteiger partial charge in [-0.25, -0.2) is 14.0 Å². The fourth-order valence-corrected chi connectivity index (χ4v) is 9.98. The number of oxime groups is 1. The smallest absolute Gasteiger partial charge is 0.417 e. The fraction of sp³-hybridized carbons (Fsp3) is 0.500. The number of aliphatic hydroxyl groups is 2. The Kier molecular flexibility index (Phi) is 16.6. The highest BCUT2D eigenvalue weighted by molar-refractivity contribution is 6.03. The maximum absolute atomic E-state index is 14.2. The molecule has 3 N–H and O–H groups in total. The fourth-order valence-electron chi connectivity index (χ4n) is 9.98. The molecule has 7 rings (SSSR count). The highest BCUT2D eigenvalue weighted by atomic mass is 19.1. The van der Waals surface area contributed by atoms with Gasteiger partial charge in [-0.3, -0.25) is 10.2 Å². The Bertz CT molecular complexity index is 2200. The molecule has 2 aliphatic carbocycles. The first-order valence-electron chi connectivity index (χ1n) is 22.8. The van der Waals surface area contributed by atoms with Crippen LogP contribution in [0.1, 0.15) is 81.3 Å². The summed E-state index contributed by atoms with van der Waals surface area (Å²) in [5.74, 6) is -1.59. The number of fused-ring (bicyclic) bond motifs is 2. The van der Waals surface area contributed by atoms with Crippen LogP contribution >= 0.6 is 0 Å². The number of hydrogen-bond acceptors (Lipinski definition) is 13. The van der Waals surface area contributed by atoms with Gasteiger partial charge in [-0.1, -0.05) is 42.3 Å². The van der Waals surface area contributed by atoms with Crippen LogP contribution in [0.5, 0.6) is 23.0 Å². The lowest BCUT2D eigenvalue weighted by Gasteiger charge is -2.59. The van der Waals surface area contributed by atoms with Gasteiger partial charge < -0.3 is 48.2 Å². The van der Waals surface area contributed by atoms with Gasteiger partial charge in [-0.2, -0.15) is 0 Å². The number of amides is 2. The molecule has 3 aromatic rings. The van der Waals surface area contributed by atoms with Crippen LogP contribution in [0.15, 0.2) is 90.1 Å². The van der Waals surface area contributed by atoms with Crippen LogP contribution in [-0.4, -0.2) is 98.9 Å². The molecule has 0 radical (unpaired) electrons. The summed E-state index contributed by atoms with van der Waals surface area (Å²) < 4.78 is 56.8. The summed E-state index contributed by atoms with van der Waals surface area (Å²) in [7, 11) is 4.33. The van der Waals surface area contributed by atoms with Crippen LogP contribution in [0.4, 0.5) is 19.7 Å². The average Bonchev–Trinajstić information content (AvgIpc) is 3.34. The number of hydrogen-bond donors (Lipinski definition) is 3. The second-order valence-electron chi connectivity index (χ2n) is 17.0. The van der Waals surface area contributed by atoms with Crippen LogP contribution < -0.4 is 24.3 Å².